The number of hydrogen-bond donors (Lipinski definition) is 2. The molecule has 0 saturated heterocycles. The molecule has 0 fully saturated rings. The lowest BCUT2D eigenvalue weighted by Crippen LogP contribution is -2.42. The van der Waals surface area contributed by atoms with Crippen molar-refractivity contribution >= 4 is 40.5 Å². The molecule has 0 bridgehead atoms. The standard InChI is InChI=1S/C32H23ClF5N3O3/c1-17-13-20(31(32(36,37)38)16-27(41-44-31)19-7-9-21(34)10-8-19)14-18(2)28(17)40-30(43)24-15-22(11-12-26(24)35)39-29(42)23-5-3-4-6-25(23)33/h3-15H,16H2,1-2H3,(H,39,42)(H,40,43). The number of nitrogens with one attached hydrogen (secondary N) is 2. The van der Waals surface area contributed by atoms with Crippen molar-refractivity contribution in [2.75, 3.05) is 10.6 Å². The van der Waals surface area contributed by atoms with Gasteiger partial charge in [0, 0.05) is 23.4 Å². The Morgan fingerprint density at radius 3 is 2.14 bits per heavy atom. The highest BCUT2D eigenvalue weighted by atomic mass is 35.5. The Labute approximate surface area is 253 Å². The van der Waals surface area contributed by atoms with Crippen LogP contribution in [0, 0.1) is 25.5 Å². The molecular formula is C32H23ClF5N3O3. The molecule has 2 N–H and O–H groups in total. The molecular weight excluding hydrogens is 605 g/mol. The van der Waals surface area contributed by atoms with Crippen molar-refractivity contribution in [3.05, 3.63) is 129 Å². The number of hydrogen-bond acceptors (Lipinski definition) is 4. The highest BCUT2D eigenvalue weighted by Crippen LogP contribution is 2.49. The third kappa shape index (κ3) is 5.87. The molecule has 2 amide bonds. The van der Waals surface area contributed by atoms with Crippen LogP contribution in [0.4, 0.5) is 33.3 Å². The maximum Gasteiger partial charge on any atom is 0.435 e. The van der Waals surface area contributed by atoms with Crippen molar-refractivity contribution in [3.63, 3.8) is 0 Å². The second-order valence-corrected chi connectivity index (χ2v) is 10.6. The van der Waals surface area contributed by atoms with Crippen LogP contribution in [-0.2, 0) is 10.4 Å². The number of nitrogens with zero attached hydrogens (tertiary/aromatic N) is 1. The molecule has 1 aliphatic rings. The summed E-state index contributed by atoms with van der Waals surface area (Å²) in [4.78, 5) is 30.9. The number of benzene rings is 4. The van der Waals surface area contributed by atoms with Crippen LogP contribution in [0.2, 0.25) is 5.02 Å². The van der Waals surface area contributed by atoms with Gasteiger partial charge in [0.25, 0.3) is 17.4 Å². The number of halogens is 6. The molecule has 226 valence electrons. The van der Waals surface area contributed by atoms with E-state index in [4.69, 9.17) is 16.4 Å². The number of carbonyl (C=O) groups excluding carboxylic acids is 2. The minimum Gasteiger partial charge on any atom is -0.374 e. The van der Waals surface area contributed by atoms with Crippen molar-refractivity contribution in [3.8, 4) is 0 Å². The van der Waals surface area contributed by atoms with Crippen molar-refractivity contribution in [1.29, 1.82) is 0 Å². The summed E-state index contributed by atoms with van der Waals surface area (Å²) < 4.78 is 71.7. The molecule has 5 rings (SSSR count). The van der Waals surface area contributed by atoms with Crippen LogP contribution in [-0.4, -0.2) is 23.7 Å². The predicted octanol–water partition coefficient (Wildman–Crippen LogP) is 8.32. The topological polar surface area (TPSA) is 79.8 Å². The van der Waals surface area contributed by atoms with E-state index in [1.165, 1.54) is 56.3 Å². The van der Waals surface area contributed by atoms with Crippen LogP contribution in [0.15, 0.2) is 84.0 Å². The zero-order chi connectivity index (χ0) is 31.8. The van der Waals surface area contributed by atoms with Crippen LogP contribution in [0.1, 0.15) is 49.4 Å². The number of carbonyl (C=O) groups is 2. The number of amides is 2. The van der Waals surface area contributed by atoms with Crippen LogP contribution in [0.25, 0.3) is 0 Å². The summed E-state index contributed by atoms with van der Waals surface area (Å²) >= 11 is 6.06. The molecule has 0 aliphatic carbocycles. The summed E-state index contributed by atoms with van der Waals surface area (Å²) in [5, 5.41) is 9.02. The van der Waals surface area contributed by atoms with E-state index in [1.54, 1.807) is 12.1 Å². The zero-order valence-corrected chi connectivity index (χ0v) is 23.9. The van der Waals surface area contributed by atoms with Gasteiger partial charge in [0.05, 0.1) is 21.9 Å². The highest BCUT2D eigenvalue weighted by molar-refractivity contribution is 6.34. The van der Waals surface area contributed by atoms with E-state index in [2.05, 4.69) is 15.8 Å². The van der Waals surface area contributed by atoms with E-state index < -0.39 is 47.2 Å². The molecule has 1 heterocycles. The van der Waals surface area contributed by atoms with E-state index in [1.807, 2.05) is 0 Å². The number of rotatable bonds is 6. The van der Waals surface area contributed by atoms with Gasteiger partial charge >= 0.3 is 6.18 Å². The Hall–Kier alpha value is -4.77. The van der Waals surface area contributed by atoms with E-state index in [0.29, 0.717) is 0 Å². The molecule has 0 saturated carbocycles. The Balaban J connectivity index is 1.40. The Kier molecular flexibility index (Phi) is 8.17. The highest BCUT2D eigenvalue weighted by Gasteiger charge is 2.62. The summed E-state index contributed by atoms with van der Waals surface area (Å²) in [7, 11) is 0. The molecule has 0 aromatic heterocycles. The maximum atomic E-state index is 14.7. The Morgan fingerprint density at radius 1 is 0.864 bits per heavy atom. The maximum absolute atomic E-state index is 14.7. The molecule has 4 aromatic rings. The van der Waals surface area contributed by atoms with E-state index in [-0.39, 0.29) is 49.9 Å². The molecule has 1 aliphatic heterocycles. The largest absolute Gasteiger partial charge is 0.435 e. The van der Waals surface area contributed by atoms with Gasteiger partial charge in [0.2, 0.25) is 0 Å². The van der Waals surface area contributed by atoms with Gasteiger partial charge in [-0.2, -0.15) is 13.2 Å². The molecule has 6 nitrogen and oxygen atoms in total. The molecule has 4 aromatic carbocycles. The fraction of sp³-hybridized carbons (Fsp3) is 0.156. The minimum absolute atomic E-state index is 0.00741. The second-order valence-electron chi connectivity index (χ2n) is 10.2. The average Bonchev–Trinajstić information content (AvgIpc) is 3.44. The summed E-state index contributed by atoms with van der Waals surface area (Å²) in [6.07, 6.45) is -5.55. The average molecular weight is 628 g/mol. The molecule has 1 unspecified atom stereocenters. The number of anilines is 2. The number of aryl methyl sites for hydroxylation is 2. The lowest BCUT2D eigenvalue weighted by molar-refractivity contribution is -0.275. The van der Waals surface area contributed by atoms with Gasteiger partial charge in [-0.05, 0) is 85.1 Å². The van der Waals surface area contributed by atoms with E-state index >= 15 is 0 Å². The predicted molar refractivity (Wildman–Crippen MR) is 156 cm³/mol. The van der Waals surface area contributed by atoms with Gasteiger partial charge in [-0.15, -0.1) is 0 Å². The van der Waals surface area contributed by atoms with Crippen molar-refractivity contribution in [1.82, 2.24) is 0 Å². The molecule has 0 radical (unpaired) electrons. The lowest BCUT2D eigenvalue weighted by atomic mass is 9.84. The minimum atomic E-state index is -4.89. The molecule has 1 atom stereocenters. The quantitative estimate of drug-likeness (QED) is 0.211. The number of oxime groups is 1. The van der Waals surface area contributed by atoms with Crippen molar-refractivity contribution in [2.24, 2.45) is 5.16 Å². The van der Waals surface area contributed by atoms with Gasteiger partial charge < -0.3 is 15.5 Å². The van der Waals surface area contributed by atoms with Gasteiger partial charge in [-0.1, -0.05) is 41.0 Å². The Bertz CT molecular complexity index is 1790. The second kappa shape index (κ2) is 11.7. The lowest BCUT2D eigenvalue weighted by Gasteiger charge is -2.30. The first-order chi connectivity index (χ1) is 20.8. The first kappa shape index (κ1) is 30.7. The van der Waals surface area contributed by atoms with Crippen LogP contribution >= 0.6 is 11.6 Å². The summed E-state index contributed by atoms with van der Waals surface area (Å²) in [5.74, 6) is -2.89. The van der Waals surface area contributed by atoms with Gasteiger partial charge in [-0.25, -0.2) is 8.78 Å². The first-order valence-electron chi connectivity index (χ1n) is 13.2. The molecule has 0 spiro atoms. The van der Waals surface area contributed by atoms with E-state index in [9.17, 15) is 31.5 Å². The first-order valence-corrected chi connectivity index (χ1v) is 13.5. The van der Waals surface area contributed by atoms with Crippen LogP contribution < -0.4 is 10.6 Å². The van der Waals surface area contributed by atoms with Crippen LogP contribution in [0.3, 0.4) is 0 Å². The fourth-order valence-electron chi connectivity index (χ4n) is 4.90. The smallest absolute Gasteiger partial charge is 0.374 e. The van der Waals surface area contributed by atoms with E-state index in [0.717, 1.165) is 24.3 Å². The third-order valence-corrected chi connectivity index (χ3v) is 7.52. The zero-order valence-electron chi connectivity index (χ0n) is 23.2. The molecule has 44 heavy (non-hydrogen) atoms. The normalized spacial score (nSPS) is 16.2. The summed E-state index contributed by atoms with van der Waals surface area (Å²) in [6, 6.07) is 17.0. The van der Waals surface area contributed by atoms with Crippen LogP contribution in [0.5, 0.6) is 0 Å². The SMILES string of the molecule is Cc1cc(C2(C(F)(F)F)CC(c3ccc(F)cc3)=NO2)cc(C)c1NC(=O)c1cc(NC(=O)c2ccccc2Cl)ccc1F. The molecule has 12 heteroatoms. The number of alkyl halides is 3. The summed E-state index contributed by atoms with van der Waals surface area (Å²) in [5.41, 5.74) is -2.26. The van der Waals surface area contributed by atoms with Gasteiger partial charge in [-0.3, -0.25) is 9.59 Å². The van der Waals surface area contributed by atoms with Gasteiger partial charge in [0.1, 0.15) is 11.6 Å². The third-order valence-electron chi connectivity index (χ3n) is 7.19. The summed E-state index contributed by atoms with van der Waals surface area (Å²) in [6.45, 7) is 2.98. The Morgan fingerprint density at radius 2 is 1.50 bits per heavy atom. The van der Waals surface area contributed by atoms with Gasteiger partial charge in [0.15, 0.2) is 0 Å². The monoisotopic (exact) mass is 627 g/mol. The fourth-order valence-corrected chi connectivity index (χ4v) is 5.12. The van der Waals surface area contributed by atoms with Crippen molar-refractivity contribution in [2.45, 2.75) is 32.0 Å². The van der Waals surface area contributed by atoms with Crippen molar-refractivity contribution < 1.29 is 36.4 Å².